The Morgan fingerprint density at radius 2 is 1.97 bits per heavy atom. The molecule has 3 N–H and O–H groups in total. The summed E-state index contributed by atoms with van der Waals surface area (Å²) in [4.78, 5) is 18.9. The number of hydrogen-bond acceptors (Lipinski definition) is 6. The molecule has 2 heterocycles. The summed E-state index contributed by atoms with van der Waals surface area (Å²) in [5, 5.41) is 22.4. The fourth-order valence-electron chi connectivity index (χ4n) is 4.37. The highest BCUT2D eigenvalue weighted by molar-refractivity contribution is 8.07. The van der Waals surface area contributed by atoms with Gasteiger partial charge in [0.05, 0.1) is 23.2 Å². The van der Waals surface area contributed by atoms with Crippen molar-refractivity contribution in [3.63, 3.8) is 0 Å². The van der Waals surface area contributed by atoms with Crippen LogP contribution in [0.2, 0.25) is 0 Å². The number of aromatic nitrogens is 2. The first kappa shape index (κ1) is 26.8. The molecule has 2 aromatic rings. The number of nitrogens with zero attached hydrogens (tertiary/aromatic N) is 3. The van der Waals surface area contributed by atoms with E-state index in [1.807, 2.05) is 13.8 Å². The first-order valence-electron chi connectivity index (χ1n) is 12.0. The molecule has 2 aliphatic rings. The minimum atomic E-state index is -4.40. The monoisotopic (exact) mass is 533 g/mol. The molecule has 7 nitrogen and oxygen atoms in total. The van der Waals surface area contributed by atoms with Gasteiger partial charge < -0.3 is 10.4 Å². The predicted molar refractivity (Wildman–Crippen MR) is 136 cm³/mol. The molecule has 0 fully saturated rings. The van der Waals surface area contributed by atoms with Crippen molar-refractivity contribution in [1.29, 1.82) is 5.41 Å². The molecule has 0 amide bonds. The van der Waals surface area contributed by atoms with Crippen molar-refractivity contribution in [1.82, 2.24) is 14.5 Å². The highest BCUT2D eigenvalue weighted by Gasteiger charge is 2.34. The second kappa shape index (κ2) is 10.3. The SMILES string of the molecule is CC1C=C(C(F)(F)F)C=CC1CN/C(Sc1ccc(O)cc1)=c1/c(=O)n(C)c2n(c1=N)C[C@@H](C(C)C)N=2. The molecule has 198 valence electrons. The van der Waals surface area contributed by atoms with Gasteiger partial charge in [-0.2, -0.15) is 13.2 Å². The molecule has 0 saturated carbocycles. The number of thioether (sulfide) groups is 1. The number of hydrogen-bond donors (Lipinski definition) is 3. The van der Waals surface area contributed by atoms with E-state index in [1.54, 1.807) is 30.7 Å². The van der Waals surface area contributed by atoms with E-state index >= 15 is 0 Å². The van der Waals surface area contributed by atoms with E-state index in [9.17, 15) is 23.1 Å². The molecule has 1 aromatic heterocycles. The number of nitrogens with one attached hydrogen (secondary N) is 2. The molecule has 1 aliphatic carbocycles. The van der Waals surface area contributed by atoms with Gasteiger partial charge in [-0.15, -0.1) is 0 Å². The van der Waals surface area contributed by atoms with E-state index in [2.05, 4.69) is 10.3 Å². The van der Waals surface area contributed by atoms with Crippen molar-refractivity contribution in [3.8, 4) is 5.75 Å². The third kappa shape index (κ3) is 5.56. The van der Waals surface area contributed by atoms with Crippen LogP contribution in [-0.4, -0.2) is 33.0 Å². The molecule has 0 spiro atoms. The maximum Gasteiger partial charge on any atom is 0.416 e. The number of alkyl halides is 3. The van der Waals surface area contributed by atoms with Crippen molar-refractivity contribution in [2.45, 2.75) is 44.4 Å². The molecule has 0 bridgehead atoms. The van der Waals surface area contributed by atoms with Crippen LogP contribution in [0.4, 0.5) is 13.2 Å². The van der Waals surface area contributed by atoms with Gasteiger partial charge in [-0.3, -0.25) is 19.3 Å². The number of allylic oxidation sites excluding steroid dienone is 3. The molecule has 2 unspecified atom stereocenters. The maximum atomic E-state index is 13.5. The summed E-state index contributed by atoms with van der Waals surface area (Å²) in [6.45, 7) is 6.56. The lowest BCUT2D eigenvalue weighted by molar-refractivity contribution is -0.0890. The van der Waals surface area contributed by atoms with E-state index in [4.69, 9.17) is 5.41 Å². The van der Waals surface area contributed by atoms with Gasteiger partial charge in [0.15, 0.2) is 0 Å². The zero-order valence-corrected chi connectivity index (χ0v) is 21.8. The number of aromatic hydroxyl groups is 1. The maximum absolute atomic E-state index is 13.5. The lowest BCUT2D eigenvalue weighted by Crippen LogP contribution is -2.58. The molecule has 37 heavy (non-hydrogen) atoms. The summed E-state index contributed by atoms with van der Waals surface area (Å²) in [6.07, 6.45) is -0.561. The van der Waals surface area contributed by atoms with Crippen LogP contribution in [0.25, 0.3) is 5.03 Å². The van der Waals surface area contributed by atoms with Crippen molar-refractivity contribution in [2.75, 3.05) is 6.54 Å². The van der Waals surface area contributed by atoms with Gasteiger partial charge in [0.1, 0.15) is 16.5 Å². The van der Waals surface area contributed by atoms with Gasteiger partial charge in [0.25, 0.3) is 5.56 Å². The number of rotatable bonds is 6. The van der Waals surface area contributed by atoms with E-state index in [1.165, 1.54) is 40.6 Å². The van der Waals surface area contributed by atoms with Gasteiger partial charge in [-0.1, -0.05) is 50.8 Å². The zero-order valence-electron chi connectivity index (χ0n) is 21.0. The summed E-state index contributed by atoms with van der Waals surface area (Å²) in [5.74, 6) is -0.298. The second-order valence-corrected chi connectivity index (χ2v) is 10.8. The van der Waals surface area contributed by atoms with Crippen LogP contribution in [0.3, 0.4) is 0 Å². The topological polar surface area (TPSA) is 95.4 Å². The van der Waals surface area contributed by atoms with E-state index in [0.29, 0.717) is 17.2 Å². The average Bonchev–Trinajstić information content (AvgIpc) is 3.29. The molecule has 11 heteroatoms. The third-order valence-electron chi connectivity index (χ3n) is 6.74. The van der Waals surface area contributed by atoms with Gasteiger partial charge in [-0.25, -0.2) is 4.99 Å². The Hall–Kier alpha value is -3.21. The van der Waals surface area contributed by atoms with Crippen LogP contribution >= 0.6 is 11.8 Å². The normalized spacial score (nSPS) is 21.9. The Morgan fingerprint density at radius 1 is 1.30 bits per heavy atom. The van der Waals surface area contributed by atoms with Crippen LogP contribution in [0, 0.1) is 23.2 Å². The fourth-order valence-corrected chi connectivity index (χ4v) is 5.32. The molecule has 1 aliphatic heterocycles. The summed E-state index contributed by atoms with van der Waals surface area (Å²) in [6, 6.07) is 6.40. The Labute approximate surface area is 216 Å². The third-order valence-corrected chi connectivity index (χ3v) is 7.80. The first-order valence-corrected chi connectivity index (χ1v) is 12.8. The molecule has 4 rings (SSSR count). The van der Waals surface area contributed by atoms with Crippen LogP contribution in [-0.2, 0) is 13.6 Å². The van der Waals surface area contributed by atoms with Crippen molar-refractivity contribution < 1.29 is 18.3 Å². The van der Waals surface area contributed by atoms with Crippen molar-refractivity contribution in [2.24, 2.45) is 29.8 Å². The Bertz CT molecular complexity index is 1490. The summed E-state index contributed by atoms with van der Waals surface area (Å²) in [7, 11) is 1.63. The van der Waals surface area contributed by atoms with E-state index < -0.39 is 11.7 Å². The van der Waals surface area contributed by atoms with E-state index in [0.717, 1.165) is 11.0 Å². The molecular weight excluding hydrogens is 503 g/mol. The minimum absolute atomic E-state index is 0.0327. The largest absolute Gasteiger partial charge is 0.508 e. The van der Waals surface area contributed by atoms with Crippen LogP contribution in [0.5, 0.6) is 5.75 Å². The van der Waals surface area contributed by atoms with Crippen LogP contribution in [0.1, 0.15) is 20.8 Å². The zero-order chi connectivity index (χ0) is 27.1. The van der Waals surface area contributed by atoms with Gasteiger partial charge in [-0.05, 0) is 36.1 Å². The number of benzene rings is 1. The summed E-state index contributed by atoms with van der Waals surface area (Å²) in [5.41, 5.74) is -0.574. The Kier molecular flexibility index (Phi) is 7.45. The smallest absolute Gasteiger partial charge is 0.416 e. The second-order valence-electron chi connectivity index (χ2n) is 9.75. The number of phenolic OH excluding ortho intramolecular Hbond substituents is 1. The standard InChI is InChI=1S/C26H30F3N5O2S/c1-14(2)20-13-34-22(30)21(24(36)33(4)25(34)32-20)23(37-19-9-7-18(35)8-10-19)31-12-16-5-6-17(11-15(16)3)26(27,28)29/h5-11,14-16,20,30-31,35H,12-13H2,1-4H3/b23-21-,30-22?/t15?,16?,20-/m0/s1. The van der Waals surface area contributed by atoms with Crippen LogP contribution in [0.15, 0.2) is 62.7 Å². The number of phenols is 1. The molecular formula is C26H30F3N5O2S. The summed E-state index contributed by atoms with van der Waals surface area (Å²) >= 11 is 1.23. The fraction of sp³-hybridized carbons (Fsp3) is 0.423. The number of halogens is 3. The molecule has 0 saturated heterocycles. The molecule has 3 atom stereocenters. The molecule has 1 aromatic carbocycles. The van der Waals surface area contributed by atoms with Gasteiger partial charge >= 0.3 is 6.18 Å². The highest BCUT2D eigenvalue weighted by Crippen LogP contribution is 2.33. The van der Waals surface area contributed by atoms with E-state index in [-0.39, 0.29) is 52.4 Å². The first-order chi connectivity index (χ1) is 17.4. The van der Waals surface area contributed by atoms with Gasteiger partial charge in [0.2, 0.25) is 5.62 Å². The lowest BCUT2D eigenvalue weighted by atomic mass is 9.87. The summed E-state index contributed by atoms with van der Waals surface area (Å²) < 4.78 is 42.6. The number of fused-ring (bicyclic) bond motifs is 1. The Morgan fingerprint density at radius 3 is 2.57 bits per heavy atom. The van der Waals surface area contributed by atoms with Crippen LogP contribution < -0.4 is 27.2 Å². The predicted octanol–water partition coefficient (Wildman–Crippen LogP) is 2.79. The molecule has 0 radical (unpaired) electrons. The van der Waals surface area contributed by atoms with Gasteiger partial charge in [0, 0.05) is 24.4 Å². The minimum Gasteiger partial charge on any atom is -0.508 e. The Balaban J connectivity index is 1.77. The average molecular weight is 534 g/mol. The van der Waals surface area contributed by atoms with Crippen molar-refractivity contribution in [3.05, 3.63) is 74.7 Å². The lowest BCUT2D eigenvalue weighted by Gasteiger charge is -2.25. The van der Waals surface area contributed by atoms with Crippen molar-refractivity contribution >= 4 is 16.8 Å². The highest BCUT2D eigenvalue weighted by atomic mass is 32.2. The quantitative estimate of drug-likeness (QED) is 0.498.